The van der Waals surface area contributed by atoms with E-state index >= 15 is 0 Å². The van der Waals surface area contributed by atoms with Gasteiger partial charge in [-0.2, -0.15) is 0 Å². The van der Waals surface area contributed by atoms with E-state index in [1.807, 2.05) is 12.1 Å². The van der Waals surface area contributed by atoms with Gasteiger partial charge in [0.25, 0.3) is 0 Å². The van der Waals surface area contributed by atoms with Crippen molar-refractivity contribution in [1.29, 1.82) is 0 Å². The van der Waals surface area contributed by atoms with Gasteiger partial charge in [-0.1, -0.05) is 38.2 Å². The molecule has 1 aromatic heterocycles. The van der Waals surface area contributed by atoms with Gasteiger partial charge in [0.15, 0.2) is 0 Å². The van der Waals surface area contributed by atoms with Crippen molar-refractivity contribution in [3.63, 3.8) is 0 Å². The normalized spacial score (nSPS) is 16.2. The number of aromatic nitrogens is 2. The van der Waals surface area contributed by atoms with E-state index in [0.29, 0.717) is 5.92 Å². The van der Waals surface area contributed by atoms with Crippen molar-refractivity contribution in [3.05, 3.63) is 42.4 Å². The molecule has 0 bridgehead atoms. The van der Waals surface area contributed by atoms with Gasteiger partial charge in [-0.05, 0) is 43.1 Å². The average molecular weight is 345 g/mol. The van der Waals surface area contributed by atoms with Gasteiger partial charge in [0.1, 0.15) is 6.33 Å². The van der Waals surface area contributed by atoms with Crippen LogP contribution in [-0.4, -0.2) is 25.4 Å². The molecule has 3 rings (SSSR count). The Bertz CT molecular complexity index is 785. The molecule has 0 aliphatic heterocycles. The van der Waals surface area contributed by atoms with Gasteiger partial charge in [-0.15, -0.1) is 0 Å². The molecule has 1 aliphatic rings. The maximum Gasteiger partial charge on any atom is 0.240 e. The lowest BCUT2D eigenvalue weighted by Crippen LogP contribution is -2.19. The maximum absolute atomic E-state index is 12.1. The number of nitrogens with one attached hydrogen (secondary N) is 1. The number of rotatable bonds is 5. The van der Waals surface area contributed by atoms with Crippen molar-refractivity contribution in [3.8, 4) is 11.3 Å². The van der Waals surface area contributed by atoms with Crippen molar-refractivity contribution < 1.29 is 8.42 Å². The van der Waals surface area contributed by atoms with Gasteiger partial charge < -0.3 is 0 Å². The van der Waals surface area contributed by atoms with E-state index in [4.69, 9.17) is 0 Å². The molecule has 0 radical (unpaired) electrons. The van der Waals surface area contributed by atoms with Crippen LogP contribution in [-0.2, 0) is 16.4 Å². The van der Waals surface area contributed by atoms with Crippen molar-refractivity contribution in [2.75, 3.05) is 7.05 Å². The summed E-state index contributed by atoms with van der Waals surface area (Å²) < 4.78 is 26.7. The lowest BCUT2D eigenvalue weighted by atomic mass is 9.83. The number of hydrogen-bond acceptors (Lipinski definition) is 4. The summed E-state index contributed by atoms with van der Waals surface area (Å²) in [5.41, 5.74) is 2.82. The minimum Gasteiger partial charge on any atom is -0.245 e. The fourth-order valence-electron chi connectivity index (χ4n) is 3.41. The molecule has 1 heterocycles. The van der Waals surface area contributed by atoms with Gasteiger partial charge in [-0.3, -0.25) is 0 Å². The van der Waals surface area contributed by atoms with E-state index in [2.05, 4.69) is 14.7 Å². The lowest BCUT2D eigenvalue weighted by molar-refractivity contribution is 0.357. The van der Waals surface area contributed by atoms with Gasteiger partial charge in [0.2, 0.25) is 10.0 Å². The van der Waals surface area contributed by atoms with Crippen LogP contribution in [0.15, 0.2) is 41.7 Å². The lowest BCUT2D eigenvalue weighted by Gasteiger charge is -2.23. The van der Waals surface area contributed by atoms with Crippen LogP contribution < -0.4 is 4.72 Å². The first kappa shape index (κ1) is 17.0. The summed E-state index contributed by atoms with van der Waals surface area (Å²) in [7, 11) is -2.05. The fourth-order valence-corrected chi connectivity index (χ4v) is 4.17. The Kier molecular flexibility index (Phi) is 5.26. The molecule has 1 aliphatic carbocycles. The third-order valence-corrected chi connectivity index (χ3v) is 6.16. The first-order valence-electron chi connectivity index (χ1n) is 8.43. The third-order valence-electron chi connectivity index (χ3n) is 4.75. The zero-order valence-corrected chi connectivity index (χ0v) is 14.7. The second-order valence-corrected chi connectivity index (χ2v) is 8.22. The van der Waals surface area contributed by atoms with Crippen molar-refractivity contribution in [1.82, 2.24) is 14.7 Å². The number of benzene rings is 1. The SMILES string of the molecule is CNS(=O)(=O)c1ccc(CC2CCCCC2)c(-c2ccncn2)c1. The topological polar surface area (TPSA) is 72.0 Å². The largest absolute Gasteiger partial charge is 0.245 e. The Morgan fingerprint density at radius 3 is 2.62 bits per heavy atom. The van der Waals surface area contributed by atoms with E-state index in [1.54, 1.807) is 18.3 Å². The van der Waals surface area contributed by atoms with Crippen LogP contribution in [0.3, 0.4) is 0 Å². The van der Waals surface area contributed by atoms with Crippen LogP contribution in [0, 0.1) is 5.92 Å². The van der Waals surface area contributed by atoms with E-state index in [9.17, 15) is 8.42 Å². The quantitative estimate of drug-likeness (QED) is 0.903. The van der Waals surface area contributed by atoms with Crippen molar-refractivity contribution >= 4 is 10.0 Å². The van der Waals surface area contributed by atoms with Crippen LogP contribution >= 0.6 is 0 Å². The average Bonchev–Trinajstić information content (AvgIpc) is 2.63. The van der Waals surface area contributed by atoms with Gasteiger partial charge in [-0.25, -0.2) is 23.1 Å². The predicted octanol–water partition coefficient (Wildman–Crippen LogP) is 3.17. The van der Waals surface area contributed by atoms with Crippen LogP contribution in [0.5, 0.6) is 0 Å². The van der Waals surface area contributed by atoms with Crippen molar-refractivity contribution in [2.45, 2.75) is 43.4 Å². The molecular formula is C18H23N3O2S. The molecule has 0 amide bonds. The van der Waals surface area contributed by atoms with E-state index in [-0.39, 0.29) is 4.90 Å². The second-order valence-electron chi connectivity index (χ2n) is 6.33. The van der Waals surface area contributed by atoms with E-state index in [1.165, 1.54) is 45.5 Å². The number of sulfonamides is 1. The van der Waals surface area contributed by atoms with Crippen LogP contribution in [0.4, 0.5) is 0 Å². The summed E-state index contributed by atoms with van der Waals surface area (Å²) in [6.07, 6.45) is 10.6. The molecule has 5 nitrogen and oxygen atoms in total. The molecule has 1 saturated carbocycles. The highest BCUT2D eigenvalue weighted by Gasteiger charge is 2.19. The second kappa shape index (κ2) is 7.40. The highest BCUT2D eigenvalue weighted by Crippen LogP contribution is 2.32. The smallest absolute Gasteiger partial charge is 0.240 e. The number of nitrogens with zero attached hydrogens (tertiary/aromatic N) is 2. The van der Waals surface area contributed by atoms with Crippen LogP contribution in [0.25, 0.3) is 11.3 Å². The monoisotopic (exact) mass is 345 g/mol. The molecule has 0 saturated heterocycles. The van der Waals surface area contributed by atoms with Crippen molar-refractivity contribution in [2.24, 2.45) is 5.92 Å². The van der Waals surface area contributed by atoms with Gasteiger partial charge >= 0.3 is 0 Å². The molecule has 1 fully saturated rings. The first-order valence-corrected chi connectivity index (χ1v) is 9.91. The molecule has 0 spiro atoms. The first-order chi connectivity index (χ1) is 11.6. The summed E-state index contributed by atoms with van der Waals surface area (Å²) in [4.78, 5) is 8.56. The molecule has 1 N–H and O–H groups in total. The Labute approximate surface area is 143 Å². The van der Waals surface area contributed by atoms with Gasteiger partial charge in [0, 0.05) is 11.8 Å². The Morgan fingerprint density at radius 1 is 1.17 bits per heavy atom. The van der Waals surface area contributed by atoms with Crippen LogP contribution in [0.2, 0.25) is 0 Å². The molecule has 128 valence electrons. The molecule has 0 unspecified atom stereocenters. The molecule has 24 heavy (non-hydrogen) atoms. The zero-order chi connectivity index (χ0) is 17.0. The molecule has 1 aromatic carbocycles. The summed E-state index contributed by atoms with van der Waals surface area (Å²) >= 11 is 0. The summed E-state index contributed by atoms with van der Waals surface area (Å²) in [5.74, 6) is 0.672. The maximum atomic E-state index is 12.1. The standard InChI is InChI=1S/C18H23N3O2S/c1-19-24(22,23)16-8-7-15(11-14-5-3-2-4-6-14)17(12-16)18-9-10-20-13-21-18/h7-10,12-14,19H,2-6,11H2,1H3. The predicted molar refractivity (Wildman–Crippen MR) is 94.0 cm³/mol. The molecule has 2 aromatic rings. The minimum atomic E-state index is -3.47. The van der Waals surface area contributed by atoms with Gasteiger partial charge in [0.05, 0.1) is 10.6 Å². The molecular weight excluding hydrogens is 322 g/mol. The van der Waals surface area contributed by atoms with Crippen LogP contribution in [0.1, 0.15) is 37.7 Å². The minimum absolute atomic E-state index is 0.269. The van der Waals surface area contributed by atoms with E-state index < -0.39 is 10.0 Å². The Hall–Kier alpha value is -1.79. The zero-order valence-electron chi connectivity index (χ0n) is 13.9. The highest BCUT2D eigenvalue weighted by atomic mass is 32.2. The molecule has 6 heteroatoms. The summed E-state index contributed by atoms with van der Waals surface area (Å²) in [5, 5.41) is 0. The Balaban J connectivity index is 2.01. The van der Waals surface area contributed by atoms with E-state index in [0.717, 1.165) is 23.2 Å². The summed E-state index contributed by atoms with van der Waals surface area (Å²) in [6.45, 7) is 0. The summed E-state index contributed by atoms with van der Waals surface area (Å²) in [6, 6.07) is 7.19. The molecule has 0 atom stereocenters. The Morgan fingerprint density at radius 2 is 1.96 bits per heavy atom. The fraction of sp³-hybridized carbons (Fsp3) is 0.444. The highest BCUT2D eigenvalue weighted by molar-refractivity contribution is 7.89. The number of hydrogen-bond donors (Lipinski definition) is 1. The third kappa shape index (κ3) is 3.82.